The Hall–Kier alpha value is -3.65. The van der Waals surface area contributed by atoms with E-state index >= 15 is 0 Å². The van der Waals surface area contributed by atoms with Crippen LogP contribution in [0.25, 0.3) is 33.4 Å². The van der Waals surface area contributed by atoms with Crippen LogP contribution in [0.3, 0.4) is 0 Å². The molecule has 0 aromatic heterocycles. The highest BCUT2D eigenvalue weighted by atomic mass is 16.2. The lowest BCUT2D eigenvalue weighted by molar-refractivity contribution is -0.119. The van der Waals surface area contributed by atoms with Crippen molar-refractivity contribution in [3.63, 3.8) is 0 Å². The SMILES string of the molecule is CC(C)(C)c1cc(-c2cc(C34CC5CC(CC(C5)C3)C4)cc(-c3cc(C(C)(C)C)cc(C(C)(C)C)c3)c2-c2ccc(N3CCCCC3=O)cc2)cc(C(C)(C)C)c1. The fourth-order valence-electron chi connectivity index (χ4n) is 11.4. The number of carbonyl (C=O) groups excluding carboxylic acids is 1. The van der Waals surface area contributed by atoms with E-state index in [0.717, 1.165) is 42.8 Å². The third-order valence-corrected chi connectivity index (χ3v) is 14.5. The highest BCUT2D eigenvalue weighted by Crippen LogP contribution is 2.62. The number of hydrogen-bond donors (Lipinski definition) is 0. The first kappa shape index (κ1) is 40.1. The van der Waals surface area contributed by atoms with Crippen LogP contribution in [0.1, 0.15) is 169 Å². The fraction of sp³-hybridized carbons (Fsp3) is 0.545. The second-order valence-electron chi connectivity index (χ2n) is 23.3. The number of nitrogens with zero attached hydrogens (tertiary/aromatic N) is 1. The lowest BCUT2D eigenvalue weighted by atomic mass is 9.48. The molecule has 1 saturated heterocycles. The van der Waals surface area contributed by atoms with Crippen LogP contribution in [-0.4, -0.2) is 12.5 Å². The van der Waals surface area contributed by atoms with Gasteiger partial charge in [-0.3, -0.25) is 4.79 Å². The average Bonchev–Trinajstić information content (AvgIpc) is 3.12. The van der Waals surface area contributed by atoms with Gasteiger partial charge in [0.05, 0.1) is 0 Å². The highest BCUT2D eigenvalue weighted by molar-refractivity contribution is 5.98. The molecule has 4 aromatic rings. The number of piperidine rings is 1. The van der Waals surface area contributed by atoms with Crippen LogP contribution < -0.4 is 4.90 Å². The maximum atomic E-state index is 13.1. The third kappa shape index (κ3) is 7.81. The first-order valence-electron chi connectivity index (χ1n) is 22.5. The lowest BCUT2D eigenvalue weighted by Gasteiger charge is -2.57. The van der Waals surface area contributed by atoms with Gasteiger partial charge in [0.1, 0.15) is 0 Å². The van der Waals surface area contributed by atoms with Crippen LogP contribution >= 0.6 is 0 Å². The Morgan fingerprint density at radius 3 is 1.28 bits per heavy atom. The monoisotopic (exact) mass is 762 g/mol. The van der Waals surface area contributed by atoms with Crippen LogP contribution in [-0.2, 0) is 31.9 Å². The van der Waals surface area contributed by atoms with Crippen LogP contribution in [0.2, 0.25) is 0 Å². The summed E-state index contributed by atoms with van der Waals surface area (Å²) in [6.45, 7) is 29.2. The Balaban J connectivity index is 1.47. The third-order valence-electron chi connectivity index (χ3n) is 14.5. The van der Waals surface area contributed by atoms with Gasteiger partial charge in [0.2, 0.25) is 5.91 Å². The topological polar surface area (TPSA) is 20.3 Å². The Morgan fingerprint density at radius 1 is 0.509 bits per heavy atom. The largest absolute Gasteiger partial charge is 0.312 e. The van der Waals surface area contributed by atoms with Gasteiger partial charge in [0.15, 0.2) is 0 Å². The summed E-state index contributed by atoms with van der Waals surface area (Å²) in [6, 6.07) is 29.5. The van der Waals surface area contributed by atoms with E-state index in [0.29, 0.717) is 6.42 Å². The van der Waals surface area contributed by atoms with Gasteiger partial charge in [0, 0.05) is 18.7 Å². The second-order valence-corrected chi connectivity index (χ2v) is 23.3. The molecule has 4 aliphatic carbocycles. The molecule has 57 heavy (non-hydrogen) atoms. The number of benzene rings is 4. The van der Waals surface area contributed by atoms with Gasteiger partial charge in [-0.25, -0.2) is 0 Å². The summed E-state index contributed by atoms with van der Waals surface area (Å²) in [5.41, 5.74) is 16.3. The van der Waals surface area contributed by atoms with Gasteiger partial charge in [-0.15, -0.1) is 0 Å². The van der Waals surface area contributed by atoms with E-state index in [1.54, 1.807) is 5.56 Å². The lowest BCUT2D eigenvalue weighted by Crippen LogP contribution is -2.48. The molecule has 0 N–H and O–H groups in total. The quantitative estimate of drug-likeness (QED) is 0.198. The standard InChI is InChI=1S/C55H71NO/c1-51(2,3)41-24-39(25-42(28-41)52(4,5)6)47-30-45(55-32-35-21-36(33-55)23-37(22-35)34-55)31-48(40-26-43(53(7,8)9)29-44(27-40)54(10,11)12)50(47)38-16-18-46(19-17-38)56-20-14-13-15-49(56)57/h16-19,24-31,35-37H,13-15,20-23,32-34H2,1-12H3. The molecule has 4 aromatic carbocycles. The maximum Gasteiger partial charge on any atom is 0.226 e. The molecule has 4 bridgehead atoms. The van der Waals surface area contributed by atoms with Gasteiger partial charge in [-0.1, -0.05) is 132 Å². The van der Waals surface area contributed by atoms with Crippen molar-refractivity contribution in [2.24, 2.45) is 17.8 Å². The number of hydrogen-bond acceptors (Lipinski definition) is 1. The molecule has 5 fully saturated rings. The Bertz CT molecular complexity index is 1970. The molecule has 2 heteroatoms. The molecule has 9 rings (SSSR count). The van der Waals surface area contributed by atoms with Crippen molar-refractivity contribution >= 4 is 11.6 Å². The van der Waals surface area contributed by atoms with Gasteiger partial charge in [-0.05, 0) is 182 Å². The Kier molecular flexibility index (Phi) is 9.85. The summed E-state index contributed by atoms with van der Waals surface area (Å²) in [5, 5.41) is 0. The van der Waals surface area contributed by atoms with Gasteiger partial charge in [0.25, 0.3) is 0 Å². The molecule has 1 heterocycles. The predicted molar refractivity (Wildman–Crippen MR) is 244 cm³/mol. The molecule has 2 nitrogen and oxygen atoms in total. The van der Waals surface area contributed by atoms with Crippen molar-refractivity contribution in [1.82, 2.24) is 0 Å². The van der Waals surface area contributed by atoms with E-state index in [1.165, 1.54) is 94.2 Å². The first-order valence-corrected chi connectivity index (χ1v) is 22.5. The van der Waals surface area contributed by atoms with Crippen LogP contribution in [0.15, 0.2) is 72.8 Å². The van der Waals surface area contributed by atoms with Crippen molar-refractivity contribution in [2.75, 3.05) is 11.4 Å². The molecular weight excluding hydrogens is 691 g/mol. The summed E-state index contributed by atoms with van der Waals surface area (Å²) in [7, 11) is 0. The minimum Gasteiger partial charge on any atom is -0.312 e. The first-order chi connectivity index (χ1) is 26.6. The van der Waals surface area contributed by atoms with Crippen molar-refractivity contribution in [2.45, 2.75) is 168 Å². The van der Waals surface area contributed by atoms with Crippen molar-refractivity contribution < 1.29 is 4.79 Å². The Labute approximate surface area is 346 Å². The molecule has 1 aliphatic heterocycles. The summed E-state index contributed by atoms with van der Waals surface area (Å²) in [5.74, 6) is 2.83. The Morgan fingerprint density at radius 2 is 0.912 bits per heavy atom. The summed E-state index contributed by atoms with van der Waals surface area (Å²) < 4.78 is 0. The van der Waals surface area contributed by atoms with E-state index < -0.39 is 0 Å². The van der Waals surface area contributed by atoms with Crippen LogP contribution in [0, 0.1) is 17.8 Å². The second kappa shape index (κ2) is 14.0. The molecule has 4 saturated carbocycles. The number of carbonyl (C=O) groups is 1. The summed E-state index contributed by atoms with van der Waals surface area (Å²) in [6.07, 6.45) is 11.0. The normalized spacial score (nSPS) is 24.0. The van der Waals surface area contributed by atoms with Crippen molar-refractivity contribution in [3.8, 4) is 33.4 Å². The maximum absolute atomic E-state index is 13.1. The average molecular weight is 762 g/mol. The fourth-order valence-corrected chi connectivity index (χ4v) is 11.4. The van der Waals surface area contributed by atoms with Gasteiger partial charge >= 0.3 is 0 Å². The number of anilines is 1. The molecular formula is C55H71NO. The molecule has 0 spiro atoms. The molecule has 1 amide bonds. The minimum absolute atomic E-state index is 0.00180. The van der Waals surface area contributed by atoms with Crippen molar-refractivity contribution in [1.29, 1.82) is 0 Å². The van der Waals surface area contributed by atoms with E-state index in [1.807, 2.05) is 4.90 Å². The molecule has 5 aliphatic rings. The molecule has 302 valence electrons. The van der Waals surface area contributed by atoms with E-state index in [2.05, 4.69) is 156 Å². The predicted octanol–water partition coefficient (Wildman–Crippen LogP) is 14.9. The number of rotatable bonds is 5. The van der Waals surface area contributed by atoms with Gasteiger partial charge in [-0.2, -0.15) is 0 Å². The minimum atomic E-state index is 0.00180. The van der Waals surface area contributed by atoms with Gasteiger partial charge < -0.3 is 4.90 Å². The van der Waals surface area contributed by atoms with E-state index in [-0.39, 0.29) is 33.0 Å². The van der Waals surface area contributed by atoms with Crippen molar-refractivity contribution in [3.05, 3.63) is 101 Å². The zero-order chi connectivity index (χ0) is 40.9. The molecule has 0 unspecified atom stereocenters. The zero-order valence-corrected chi connectivity index (χ0v) is 37.6. The smallest absolute Gasteiger partial charge is 0.226 e. The van der Waals surface area contributed by atoms with Crippen LogP contribution in [0.5, 0.6) is 0 Å². The molecule has 0 atom stereocenters. The van der Waals surface area contributed by atoms with E-state index in [9.17, 15) is 4.79 Å². The highest BCUT2D eigenvalue weighted by Gasteiger charge is 2.52. The summed E-state index contributed by atoms with van der Waals surface area (Å²) in [4.78, 5) is 15.1. The van der Waals surface area contributed by atoms with E-state index in [4.69, 9.17) is 0 Å². The summed E-state index contributed by atoms with van der Waals surface area (Å²) >= 11 is 0. The number of amides is 1. The zero-order valence-electron chi connectivity index (χ0n) is 37.6. The molecule has 0 radical (unpaired) electrons. The van der Waals surface area contributed by atoms with Crippen LogP contribution in [0.4, 0.5) is 5.69 Å².